The molecule has 0 aliphatic heterocycles. The standard InChI is InChI=1S/C24H72N16P5.FH/c1-29(2)42(30(3)4,31(5)6)25-41(26-43(32(7)8,33(9)10)34(11)12,27-44(35(13)14,36(15)16)37(17)18)28-45(38(19)20,39(21)22)40(23)24;/h1-24H3;1H/q+1;/p-1. The highest BCUT2D eigenvalue weighted by atomic mass is 31.3. The molecule has 22 heteroatoms. The molecule has 0 heterocycles. The fourth-order valence-corrected chi connectivity index (χ4v) is 30.2. The summed E-state index contributed by atoms with van der Waals surface area (Å²) in [7, 11) is 36.8. The Bertz CT molecular complexity index is 883. The van der Waals surface area contributed by atoms with Gasteiger partial charge in [-0.1, -0.05) is 0 Å². The van der Waals surface area contributed by atoms with E-state index >= 15 is 0 Å². The van der Waals surface area contributed by atoms with E-state index in [9.17, 15) is 0 Å². The summed E-state index contributed by atoms with van der Waals surface area (Å²) >= 11 is 0. The highest BCUT2D eigenvalue weighted by Crippen LogP contribution is 2.86. The lowest BCUT2D eigenvalue weighted by atomic mass is 11.2. The zero-order chi connectivity index (χ0) is 36.3. The van der Waals surface area contributed by atoms with Gasteiger partial charge in [0.25, 0.3) is 0 Å². The SMILES string of the molecule is CN(C)P(=N[P+](N=P(N(C)C)(N(C)C)N(C)C)(N=P(N(C)C)(N(C)C)N(C)C)N=P(N(C)C)(N(C)C)N(C)C)(N(C)C)N(C)C.[F-]. The summed E-state index contributed by atoms with van der Waals surface area (Å²) in [6, 6.07) is 0. The average molecular weight is 759 g/mol. The molecule has 0 fully saturated rings. The maximum absolute atomic E-state index is 6.08. The lowest BCUT2D eigenvalue weighted by Gasteiger charge is -2.44. The first-order valence-electron chi connectivity index (χ1n) is 14.7. The summed E-state index contributed by atoms with van der Waals surface area (Å²) in [6.45, 7) is 0. The normalized spacial score (nSPS) is 14.5. The van der Waals surface area contributed by atoms with E-state index in [0.29, 0.717) is 0 Å². The Hall–Kier alpha value is 0.800. The van der Waals surface area contributed by atoms with Gasteiger partial charge in [0.05, 0.1) is 0 Å². The summed E-state index contributed by atoms with van der Waals surface area (Å²) < 4.78 is 51.2. The van der Waals surface area contributed by atoms with E-state index in [1.54, 1.807) is 0 Å². The van der Waals surface area contributed by atoms with Crippen LogP contribution in [0.4, 0.5) is 0 Å². The Morgan fingerprint density at radius 3 is 0.391 bits per heavy atom. The Kier molecular flexibility index (Phi) is 19.5. The maximum atomic E-state index is 6.08. The molecule has 0 saturated carbocycles. The summed E-state index contributed by atoms with van der Waals surface area (Å²) in [4.78, 5) is 0. The number of nitrogens with zero attached hydrogens (tertiary/aromatic N) is 16. The molecule has 16 nitrogen and oxygen atoms in total. The van der Waals surface area contributed by atoms with E-state index in [1.165, 1.54) is 0 Å². The smallest absolute Gasteiger partial charge is 0.502 e. The van der Waals surface area contributed by atoms with Crippen LogP contribution in [0.25, 0.3) is 0 Å². The van der Waals surface area contributed by atoms with E-state index < -0.39 is 37.9 Å². The van der Waals surface area contributed by atoms with Crippen LogP contribution in [0.1, 0.15) is 0 Å². The molecule has 0 saturated heterocycles. The summed E-state index contributed by atoms with van der Waals surface area (Å²) in [6.07, 6.45) is 0. The fourth-order valence-electron chi connectivity index (χ4n) is 6.00. The second-order valence-corrected chi connectivity index (χ2v) is 31.0. The summed E-state index contributed by atoms with van der Waals surface area (Å²) in [5.41, 5.74) is 0. The average Bonchev–Trinajstić information content (AvgIpc) is 2.84. The molecule has 0 spiro atoms. The number of hydrogen-bond acceptors (Lipinski definition) is 4. The predicted molar refractivity (Wildman–Crippen MR) is 209 cm³/mol. The Morgan fingerprint density at radius 2 is 0.326 bits per heavy atom. The lowest BCUT2D eigenvalue weighted by molar-refractivity contribution is -0.0000111. The molecule has 0 bridgehead atoms. The zero-order valence-corrected chi connectivity index (χ0v) is 38.2. The van der Waals surface area contributed by atoms with Crippen LogP contribution >= 0.6 is 37.9 Å². The van der Waals surface area contributed by atoms with Gasteiger partial charge in [-0.3, -0.25) is 0 Å². The van der Waals surface area contributed by atoms with Gasteiger partial charge in [-0.15, -0.1) is 0 Å². The van der Waals surface area contributed by atoms with Crippen molar-refractivity contribution in [3.05, 3.63) is 0 Å². The van der Waals surface area contributed by atoms with Crippen molar-refractivity contribution in [2.45, 2.75) is 0 Å². The van der Waals surface area contributed by atoms with Gasteiger partial charge in [-0.2, -0.15) is 0 Å². The quantitative estimate of drug-likeness (QED) is 0.217. The summed E-state index contributed by atoms with van der Waals surface area (Å²) in [5, 5.41) is 0. The van der Waals surface area contributed by atoms with Crippen LogP contribution in [0.5, 0.6) is 0 Å². The minimum atomic E-state index is -3.43. The zero-order valence-electron chi connectivity index (χ0n) is 33.8. The van der Waals surface area contributed by atoms with Gasteiger partial charge in [0.15, 0.2) is 0 Å². The van der Waals surface area contributed by atoms with Gasteiger partial charge in [0.1, 0.15) is 0 Å². The third kappa shape index (κ3) is 9.17. The molecular weight excluding hydrogens is 686 g/mol. The summed E-state index contributed by atoms with van der Waals surface area (Å²) in [5.74, 6) is 0. The predicted octanol–water partition coefficient (Wildman–Crippen LogP) is 2.19. The highest BCUT2D eigenvalue weighted by molar-refractivity contribution is 7.87. The van der Waals surface area contributed by atoms with E-state index in [1.807, 2.05) is 0 Å². The highest BCUT2D eigenvalue weighted by Gasteiger charge is 2.56. The van der Waals surface area contributed by atoms with Gasteiger partial charge in [-0.05, 0) is 187 Å². The molecule has 0 rings (SSSR count). The monoisotopic (exact) mass is 758 g/mol. The minimum Gasteiger partial charge on any atom is -1.00 e. The third-order valence-corrected chi connectivity index (χ3v) is 28.0. The van der Waals surface area contributed by atoms with Gasteiger partial charge in [0, 0.05) is 0 Å². The fraction of sp³-hybridized carbons (Fsp3) is 1.00. The van der Waals surface area contributed by atoms with Crippen LogP contribution in [0.15, 0.2) is 18.1 Å². The maximum Gasteiger partial charge on any atom is 0.502 e. The molecule has 0 aliphatic carbocycles. The van der Waals surface area contributed by atoms with E-state index in [-0.39, 0.29) is 4.70 Å². The molecule has 0 radical (unpaired) electrons. The van der Waals surface area contributed by atoms with Crippen molar-refractivity contribution in [1.29, 1.82) is 0 Å². The van der Waals surface area contributed by atoms with Crippen molar-refractivity contribution < 1.29 is 4.70 Å². The molecule has 280 valence electrons. The lowest BCUT2D eigenvalue weighted by Crippen LogP contribution is -3.00. The van der Waals surface area contributed by atoms with Crippen LogP contribution in [0.3, 0.4) is 0 Å². The van der Waals surface area contributed by atoms with Gasteiger partial charge < -0.3 is 4.70 Å². The van der Waals surface area contributed by atoms with E-state index in [2.05, 4.69) is 225 Å². The first kappa shape index (κ1) is 48.9. The first-order chi connectivity index (χ1) is 20.1. The van der Waals surface area contributed by atoms with Crippen molar-refractivity contribution in [2.24, 2.45) is 18.1 Å². The van der Waals surface area contributed by atoms with Crippen molar-refractivity contribution in [1.82, 2.24) is 56.0 Å². The number of hydrogen-bond donors (Lipinski definition) is 0. The second kappa shape index (κ2) is 18.3. The molecule has 0 N–H and O–H groups in total. The third-order valence-electron chi connectivity index (χ3n) is 7.40. The van der Waals surface area contributed by atoms with Gasteiger partial charge >= 0.3 is 7.87 Å². The molecule has 0 aromatic heterocycles. The molecular formula is C24H72FN16P5. The molecule has 0 aromatic rings. The number of halogens is 1. The van der Waals surface area contributed by atoms with Crippen LogP contribution in [0, 0.1) is 0 Å². The molecule has 0 atom stereocenters. The van der Waals surface area contributed by atoms with Gasteiger partial charge in [0.2, 0.25) is 30.0 Å². The van der Waals surface area contributed by atoms with Crippen molar-refractivity contribution in [2.75, 3.05) is 169 Å². The second-order valence-electron chi connectivity index (χ2n) is 13.2. The molecule has 0 aromatic carbocycles. The molecule has 0 aliphatic rings. The molecule has 46 heavy (non-hydrogen) atoms. The van der Waals surface area contributed by atoms with Gasteiger partial charge in [-0.25, -0.2) is 56.0 Å². The Balaban J connectivity index is 0. The molecule has 0 amide bonds. The van der Waals surface area contributed by atoms with E-state index in [4.69, 9.17) is 18.1 Å². The van der Waals surface area contributed by atoms with Crippen molar-refractivity contribution in [3.63, 3.8) is 0 Å². The largest absolute Gasteiger partial charge is 1.00 e. The van der Waals surface area contributed by atoms with Crippen LogP contribution < -0.4 is 4.70 Å². The Morgan fingerprint density at radius 1 is 0.239 bits per heavy atom. The topological polar surface area (TPSA) is 88.3 Å². The van der Waals surface area contributed by atoms with Crippen LogP contribution in [0.2, 0.25) is 0 Å². The first-order valence-corrected chi connectivity index (χ1v) is 22.7. The van der Waals surface area contributed by atoms with Crippen LogP contribution in [-0.2, 0) is 0 Å². The van der Waals surface area contributed by atoms with E-state index in [0.717, 1.165) is 0 Å². The van der Waals surface area contributed by atoms with Crippen LogP contribution in [-0.4, -0.2) is 225 Å². The van der Waals surface area contributed by atoms with Crippen molar-refractivity contribution in [3.8, 4) is 0 Å². The number of rotatable bonds is 16. The minimum absolute atomic E-state index is 0. The Labute approximate surface area is 285 Å². The van der Waals surface area contributed by atoms with Crippen molar-refractivity contribution >= 4 is 37.9 Å². The molecule has 0 unspecified atom stereocenters.